The van der Waals surface area contributed by atoms with Crippen LogP contribution in [0.2, 0.25) is 0 Å². The van der Waals surface area contributed by atoms with Crippen molar-refractivity contribution in [2.75, 3.05) is 0 Å². The van der Waals surface area contributed by atoms with Crippen LogP contribution in [0.3, 0.4) is 0 Å². The van der Waals surface area contributed by atoms with Gasteiger partial charge in [0.2, 0.25) is 0 Å². The number of ketones is 1. The normalized spacial score (nSPS) is 11.6. The summed E-state index contributed by atoms with van der Waals surface area (Å²) in [6.07, 6.45) is 1.78. The molecule has 0 aromatic heterocycles. The summed E-state index contributed by atoms with van der Waals surface area (Å²) < 4.78 is 0. The first-order chi connectivity index (χ1) is 4.48. The molecular weight excluding hydrogens is 128 g/mol. The van der Waals surface area contributed by atoms with E-state index in [2.05, 4.69) is 0 Å². The summed E-state index contributed by atoms with van der Waals surface area (Å²) in [6, 6.07) is 0. The van der Waals surface area contributed by atoms with Gasteiger partial charge in [-0.25, -0.2) is 0 Å². The van der Waals surface area contributed by atoms with Crippen molar-refractivity contribution in [3.63, 3.8) is 0 Å². The van der Waals surface area contributed by atoms with Crippen LogP contribution in [0.4, 0.5) is 0 Å². The molecule has 60 valence electrons. The lowest BCUT2D eigenvalue weighted by molar-refractivity contribution is -0.117. The van der Waals surface area contributed by atoms with Crippen molar-refractivity contribution in [1.29, 1.82) is 0 Å². The minimum Gasteiger partial charge on any atom is -0.313 e. The predicted octanol–water partition coefficient (Wildman–Crippen LogP) is 0.379. The molecule has 0 atom stereocenters. The number of hydrogen-bond acceptors (Lipinski definition) is 3. The minimum absolute atomic E-state index is 0.147. The van der Waals surface area contributed by atoms with Crippen LogP contribution in [0.25, 0.3) is 0 Å². The van der Waals surface area contributed by atoms with E-state index in [0.29, 0.717) is 19.3 Å². The lowest BCUT2D eigenvalue weighted by Crippen LogP contribution is -2.48. The summed E-state index contributed by atoms with van der Waals surface area (Å²) in [7, 11) is 0. The molecule has 3 nitrogen and oxygen atoms in total. The molecule has 0 saturated heterocycles. The first-order valence-corrected chi connectivity index (χ1v) is 3.55. The molecule has 0 saturated carbocycles. The number of carbonyl (C=O) groups excluding carboxylic acids is 1. The molecule has 0 spiro atoms. The van der Waals surface area contributed by atoms with E-state index in [1.165, 1.54) is 0 Å². The van der Waals surface area contributed by atoms with Gasteiger partial charge in [0.25, 0.3) is 0 Å². The third-order valence-corrected chi connectivity index (χ3v) is 1.60. The standard InChI is InChI=1S/C7H16N2O/c1-3-7(8,9)5-4-6(2)10/h3-5,8-9H2,1-2H3. The summed E-state index contributed by atoms with van der Waals surface area (Å²) in [5.41, 5.74) is 10.5. The van der Waals surface area contributed by atoms with Crippen molar-refractivity contribution in [2.24, 2.45) is 11.5 Å². The van der Waals surface area contributed by atoms with Crippen LogP contribution in [0.1, 0.15) is 33.1 Å². The van der Waals surface area contributed by atoms with E-state index in [-0.39, 0.29) is 5.78 Å². The number of nitrogens with two attached hydrogens (primary N) is 2. The van der Waals surface area contributed by atoms with E-state index in [1.807, 2.05) is 6.92 Å². The third kappa shape index (κ3) is 4.47. The van der Waals surface area contributed by atoms with Crippen molar-refractivity contribution >= 4 is 5.78 Å². The zero-order valence-electron chi connectivity index (χ0n) is 6.68. The Hall–Kier alpha value is -0.410. The molecule has 0 aromatic carbocycles. The lowest BCUT2D eigenvalue weighted by atomic mass is 10.0. The second kappa shape index (κ2) is 3.68. The molecule has 0 fully saturated rings. The highest BCUT2D eigenvalue weighted by Gasteiger charge is 2.15. The molecule has 0 rings (SSSR count). The fourth-order valence-corrected chi connectivity index (χ4v) is 0.586. The summed E-state index contributed by atoms with van der Waals surface area (Å²) >= 11 is 0. The van der Waals surface area contributed by atoms with Crippen molar-refractivity contribution in [3.8, 4) is 0 Å². The number of rotatable bonds is 4. The Morgan fingerprint density at radius 3 is 2.30 bits per heavy atom. The predicted molar refractivity (Wildman–Crippen MR) is 41.3 cm³/mol. The number of hydrogen-bond donors (Lipinski definition) is 2. The molecule has 0 heterocycles. The van der Waals surface area contributed by atoms with Crippen LogP contribution < -0.4 is 11.5 Å². The molecule has 0 aromatic rings. The molecule has 0 amide bonds. The van der Waals surface area contributed by atoms with Gasteiger partial charge < -0.3 is 16.3 Å². The van der Waals surface area contributed by atoms with Gasteiger partial charge in [0.1, 0.15) is 5.78 Å². The van der Waals surface area contributed by atoms with E-state index in [4.69, 9.17) is 11.5 Å². The zero-order chi connectivity index (χ0) is 8.20. The SMILES string of the molecule is CCC(N)(N)CCC(C)=O. The van der Waals surface area contributed by atoms with Crippen LogP contribution in [0, 0.1) is 0 Å². The van der Waals surface area contributed by atoms with Crippen LogP contribution in [-0.2, 0) is 4.79 Å². The Labute approximate surface area is 61.8 Å². The minimum atomic E-state index is -0.647. The number of Topliss-reactive ketones (excluding diaryl/α,β-unsaturated/α-hetero) is 1. The van der Waals surface area contributed by atoms with Gasteiger partial charge in [-0.3, -0.25) is 0 Å². The van der Waals surface area contributed by atoms with Crippen molar-refractivity contribution in [1.82, 2.24) is 0 Å². The van der Waals surface area contributed by atoms with E-state index >= 15 is 0 Å². The van der Waals surface area contributed by atoms with E-state index in [0.717, 1.165) is 0 Å². The van der Waals surface area contributed by atoms with Crippen molar-refractivity contribution < 1.29 is 4.79 Å². The molecule has 0 aliphatic carbocycles. The first kappa shape index (κ1) is 9.59. The smallest absolute Gasteiger partial charge is 0.129 e. The highest BCUT2D eigenvalue weighted by molar-refractivity contribution is 5.75. The maximum atomic E-state index is 10.5. The molecule has 0 aliphatic rings. The van der Waals surface area contributed by atoms with Crippen LogP contribution in [0.5, 0.6) is 0 Å². The molecule has 0 radical (unpaired) electrons. The second-order valence-electron chi connectivity index (χ2n) is 2.79. The van der Waals surface area contributed by atoms with Gasteiger partial charge in [0.05, 0.1) is 5.66 Å². The Kier molecular flexibility index (Phi) is 3.53. The third-order valence-electron chi connectivity index (χ3n) is 1.60. The molecule has 0 aliphatic heterocycles. The fraction of sp³-hybridized carbons (Fsp3) is 0.857. The Morgan fingerprint density at radius 1 is 1.50 bits per heavy atom. The average molecular weight is 144 g/mol. The Bertz CT molecular complexity index is 121. The van der Waals surface area contributed by atoms with Gasteiger partial charge in [0.15, 0.2) is 0 Å². The fourth-order valence-electron chi connectivity index (χ4n) is 0.586. The quantitative estimate of drug-likeness (QED) is 0.560. The van der Waals surface area contributed by atoms with E-state index in [9.17, 15) is 4.79 Å². The summed E-state index contributed by atoms with van der Waals surface area (Å²) in [5, 5.41) is 0. The summed E-state index contributed by atoms with van der Waals surface area (Å²) in [6.45, 7) is 3.46. The summed E-state index contributed by atoms with van der Waals surface area (Å²) in [4.78, 5) is 10.5. The monoisotopic (exact) mass is 144 g/mol. The Morgan fingerprint density at radius 2 is 2.00 bits per heavy atom. The van der Waals surface area contributed by atoms with E-state index < -0.39 is 5.66 Å². The number of carbonyl (C=O) groups is 1. The molecule has 0 unspecified atom stereocenters. The highest BCUT2D eigenvalue weighted by atomic mass is 16.1. The highest BCUT2D eigenvalue weighted by Crippen LogP contribution is 2.06. The van der Waals surface area contributed by atoms with Gasteiger partial charge in [-0.15, -0.1) is 0 Å². The molecular formula is C7H16N2O. The van der Waals surface area contributed by atoms with Crippen LogP contribution in [0.15, 0.2) is 0 Å². The molecule has 4 N–H and O–H groups in total. The van der Waals surface area contributed by atoms with Crippen molar-refractivity contribution in [2.45, 2.75) is 38.8 Å². The maximum absolute atomic E-state index is 10.5. The average Bonchev–Trinajstić information content (AvgIpc) is 1.85. The molecule has 3 heteroatoms. The van der Waals surface area contributed by atoms with Gasteiger partial charge >= 0.3 is 0 Å². The Balaban J connectivity index is 3.56. The molecule has 0 bridgehead atoms. The van der Waals surface area contributed by atoms with E-state index in [1.54, 1.807) is 6.92 Å². The first-order valence-electron chi connectivity index (χ1n) is 3.55. The zero-order valence-corrected chi connectivity index (χ0v) is 6.68. The summed E-state index contributed by atoms with van der Waals surface area (Å²) in [5.74, 6) is 0.147. The van der Waals surface area contributed by atoms with Crippen LogP contribution >= 0.6 is 0 Å². The topological polar surface area (TPSA) is 69.1 Å². The van der Waals surface area contributed by atoms with Crippen molar-refractivity contribution in [3.05, 3.63) is 0 Å². The lowest BCUT2D eigenvalue weighted by Gasteiger charge is -2.21. The van der Waals surface area contributed by atoms with Gasteiger partial charge in [0, 0.05) is 6.42 Å². The maximum Gasteiger partial charge on any atom is 0.129 e. The van der Waals surface area contributed by atoms with Gasteiger partial charge in [-0.2, -0.15) is 0 Å². The van der Waals surface area contributed by atoms with Gasteiger partial charge in [-0.1, -0.05) is 6.92 Å². The molecule has 10 heavy (non-hydrogen) atoms. The second-order valence-corrected chi connectivity index (χ2v) is 2.79. The van der Waals surface area contributed by atoms with Gasteiger partial charge in [-0.05, 0) is 19.8 Å². The van der Waals surface area contributed by atoms with Crippen LogP contribution in [-0.4, -0.2) is 11.4 Å². The largest absolute Gasteiger partial charge is 0.313 e.